The Morgan fingerprint density at radius 1 is 1.10 bits per heavy atom. The number of carbonyl (C=O) groups is 2. The number of rotatable bonds is 8. The third kappa shape index (κ3) is 5.47. The Kier molecular flexibility index (Phi) is 7.82. The van der Waals surface area contributed by atoms with Crippen LogP contribution < -0.4 is 9.64 Å². The summed E-state index contributed by atoms with van der Waals surface area (Å²) in [5.74, 6) is -1.38. The molecule has 12 heteroatoms. The number of carbonyl (C=O) groups excluding carboxylic acids is 2. The number of aromatic nitrogens is 3. The summed E-state index contributed by atoms with van der Waals surface area (Å²) < 4.78 is 6.13. The van der Waals surface area contributed by atoms with Crippen LogP contribution in [-0.2, 0) is 15.3 Å². The van der Waals surface area contributed by atoms with Crippen molar-refractivity contribution in [2.24, 2.45) is 0 Å². The Bertz CT molecular complexity index is 1560. The van der Waals surface area contributed by atoms with E-state index in [0.29, 0.717) is 32.8 Å². The van der Waals surface area contributed by atoms with Gasteiger partial charge in [-0.05, 0) is 54.4 Å². The van der Waals surface area contributed by atoms with Gasteiger partial charge in [0.15, 0.2) is 15.8 Å². The molecule has 5 rings (SSSR count). The summed E-state index contributed by atoms with van der Waals surface area (Å²) in [6.45, 7) is 2.06. The van der Waals surface area contributed by atoms with Crippen molar-refractivity contribution in [1.82, 2.24) is 15.2 Å². The lowest BCUT2D eigenvalue weighted by atomic mass is 9.95. The first kappa shape index (κ1) is 26.7. The van der Waals surface area contributed by atoms with Gasteiger partial charge in [-0.1, -0.05) is 52.9 Å². The molecular weight excluding hydrogens is 560 g/mol. The number of ketones is 1. The number of pyridine rings is 1. The fourth-order valence-electron chi connectivity index (χ4n) is 4.07. The maximum absolute atomic E-state index is 13.4. The number of halogens is 1. The van der Waals surface area contributed by atoms with Crippen LogP contribution in [0.2, 0.25) is 5.02 Å². The molecule has 9 nitrogen and oxygen atoms in total. The molecule has 3 heterocycles. The monoisotopic (exact) mass is 580 g/mol. The molecule has 0 saturated carbocycles. The highest BCUT2D eigenvalue weighted by molar-refractivity contribution is 8.00. The molecule has 0 aliphatic carbocycles. The van der Waals surface area contributed by atoms with E-state index in [1.807, 2.05) is 12.1 Å². The van der Waals surface area contributed by atoms with E-state index in [0.717, 1.165) is 16.9 Å². The first-order valence-electron chi connectivity index (χ1n) is 11.7. The Hall–Kier alpha value is -3.93. The number of aliphatic hydroxyl groups is 1. The van der Waals surface area contributed by atoms with Gasteiger partial charge < -0.3 is 14.9 Å². The molecule has 0 spiro atoms. The number of nitrogens with zero attached hydrogens (tertiary/aromatic N) is 4. The van der Waals surface area contributed by atoms with Gasteiger partial charge in [0, 0.05) is 28.7 Å². The average Bonchev–Trinajstić information content (AvgIpc) is 3.52. The Balaban J connectivity index is 1.56. The molecule has 1 amide bonds. The molecule has 2 N–H and O–H groups in total. The average molecular weight is 581 g/mol. The highest BCUT2D eigenvalue weighted by Crippen LogP contribution is 2.45. The van der Waals surface area contributed by atoms with Crippen molar-refractivity contribution >= 4 is 57.3 Å². The van der Waals surface area contributed by atoms with E-state index in [9.17, 15) is 19.8 Å². The lowest BCUT2D eigenvalue weighted by Crippen LogP contribution is -2.29. The van der Waals surface area contributed by atoms with E-state index in [1.165, 1.54) is 35.1 Å². The van der Waals surface area contributed by atoms with Crippen molar-refractivity contribution in [3.8, 4) is 11.5 Å². The first-order valence-corrected chi connectivity index (χ1v) is 13.9. The summed E-state index contributed by atoms with van der Waals surface area (Å²) in [6.07, 6.45) is 2.95. The van der Waals surface area contributed by atoms with Crippen molar-refractivity contribution in [3.05, 3.63) is 94.3 Å². The predicted octanol–water partition coefficient (Wildman–Crippen LogP) is 5.61. The number of phenols is 1. The quantitative estimate of drug-likeness (QED) is 0.0899. The molecule has 0 bridgehead atoms. The van der Waals surface area contributed by atoms with Crippen LogP contribution in [0.3, 0.4) is 0 Å². The molecule has 1 unspecified atom stereocenters. The molecule has 2 aromatic carbocycles. The zero-order valence-corrected chi connectivity index (χ0v) is 22.8. The molecule has 1 fully saturated rings. The van der Waals surface area contributed by atoms with Gasteiger partial charge in [-0.2, -0.15) is 0 Å². The summed E-state index contributed by atoms with van der Waals surface area (Å²) >= 11 is 8.55. The molecule has 1 atom stereocenters. The second-order valence-electron chi connectivity index (χ2n) is 8.33. The highest BCUT2D eigenvalue weighted by atomic mass is 35.5. The Morgan fingerprint density at radius 2 is 1.85 bits per heavy atom. The topological polar surface area (TPSA) is 126 Å². The molecule has 2 aromatic heterocycles. The van der Waals surface area contributed by atoms with E-state index in [2.05, 4.69) is 15.2 Å². The van der Waals surface area contributed by atoms with Crippen molar-refractivity contribution < 1.29 is 24.5 Å². The zero-order chi connectivity index (χ0) is 27.5. The van der Waals surface area contributed by atoms with Gasteiger partial charge in [0.05, 0.1) is 18.2 Å². The van der Waals surface area contributed by atoms with E-state index in [1.54, 1.807) is 43.3 Å². The lowest BCUT2D eigenvalue weighted by Gasteiger charge is -2.23. The normalized spacial score (nSPS) is 16.6. The van der Waals surface area contributed by atoms with Crippen LogP contribution in [-0.4, -0.2) is 43.7 Å². The van der Waals surface area contributed by atoms with Gasteiger partial charge >= 0.3 is 5.91 Å². The van der Waals surface area contributed by atoms with Crippen LogP contribution in [0.25, 0.3) is 5.76 Å². The number of ether oxygens (including phenoxy) is 1. The second kappa shape index (κ2) is 11.4. The summed E-state index contributed by atoms with van der Waals surface area (Å²) in [4.78, 5) is 31.9. The largest absolute Gasteiger partial charge is 0.507 e. The third-order valence-electron chi connectivity index (χ3n) is 5.88. The van der Waals surface area contributed by atoms with Crippen LogP contribution in [0.4, 0.5) is 5.13 Å². The number of hydrogen-bond acceptors (Lipinski definition) is 10. The lowest BCUT2D eigenvalue weighted by molar-refractivity contribution is -0.132. The Morgan fingerprint density at radius 3 is 2.56 bits per heavy atom. The summed E-state index contributed by atoms with van der Waals surface area (Å²) in [7, 11) is 0. The van der Waals surface area contributed by atoms with Crippen molar-refractivity contribution in [1.29, 1.82) is 0 Å². The first-order chi connectivity index (χ1) is 18.9. The highest BCUT2D eigenvalue weighted by Gasteiger charge is 2.48. The predicted molar refractivity (Wildman–Crippen MR) is 149 cm³/mol. The maximum atomic E-state index is 13.4. The molecule has 1 saturated heterocycles. The number of benzene rings is 2. The summed E-state index contributed by atoms with van der Waals surface area (Å²) in [6, 6.07) is 14.0. The van der Waals surface area contributed by atoms with Gasteiger partial charge in [-0.25, -0.2) is 0 Å². The zero-order valence-electron chi connectivity index (χ0n) is 20.4. The molecule has 0 radical (unpaired) electrons. The number of aromatic hydroxyl groups is 1. The van der Waals surface area contributed by atoms with E-state index < -0.39 is 17.7 Å². The molecule has 4 aromatic rings. The Labute approximate surface area is 236 Å². The van der Waals surface area contributed by atoms with Gasteiger partial charge in [0.1, 0.15) is 5.76 Å². The number of hydrogen-bond donors (Lipinski definition) is 2. The van der Waals surface area contributed by atoms with Crippen LogP contribution >= 0.6 is 34.7 Å². The second-order valence-corrected chi connectivity index (χ2v) is 10.9. The standard InChI is InChI=1S/C27H21ClN4O5S2/c1-2-37-20-13-17(5-8-19(20)33)22-21(23(34)16-9-11-29-12-10-16)24(35)25(36)32(22)26-30-31-27(39-26)38-14-15-3-6-18(28)7-4-15/h3-13,22,33-34H,2,14H2,1H3/b23-21+. The number of phenolic OH excluding ortho intramolecular Hbond substituents is 1. The fourth-order valence-corrected chi connectivity index (χ4v) is 6.02. The number of thioether (sulfide) groups is 1. The van der Waals surface area contributed by atoms with Crippen LogP contribution in [0.15, 0.2) is 76.9 Å². The van der Waals surface area contributed by atoms with Crippen LogP contribution in [0, 0.1) is 0 Å². The number of amides is 1. The minimum absolute atomic E-state index is 0.0940. The fraction of sp³-hybridized carbons (Fsp3) is 0.148. The van der Waals surface area contributed by atoms with Gasteiger partial charge in [-0.15, -0.1) is 10.2 Å². The molecule has 198 valence electrons. The number of Topliss-reactive ketones (excluding diaryl/α,β-unsaturated/α-hetero) is 1. The molecule has 39 heavy (non-hydrogen) atoms. The number of anilines is 1. The van der Waals surface area contributed by atoms with E-state index in [4.69, 9.17) is 16.3 Å². The SMILES string of the molecule is CCOc1cc(C2/C(=C(\O)c3ccncc3)C(=O)C(=O)N2c2nnc(SCc3ccc(Cl)cc3)s2)ccc1O. The van der Waals surface area contributed by atoms with Crippen molar-refractivity contribution in [2.75, 3.05) is 11.5 Å². The summed E-state index contributed by atoms with van der Waals surface area (Å²) in [5.41, 5.74) is 1.68. The van der Waals surface area contributed by atoms with Gasteiger partial charge in [0.25, 0.3) is 5.78 Å². The molecule has 1 aliphatic heterocycles. The maximum Gasteiger partial charge on any atom is 0.301 e. The minimum Gasteiger partial charge on any atom is -0.507 e. The van der Waals surface area contributed by atoms with Crippen LogP contribution in [0.1, 0.15) is 29.7 Å². The van der Waals surface area contributed by atoms with Crippen LogP contribution in [0.5, 0.6) is 11.5 Å². The minimum atomic E-state index is -1.04. The number of aliphatic hydroxyl groups excluding tert-OH is 1. The summed E-state index contributed by atoms with van der Waals surface area (Å²) in [5, 5.41) is 30.7. The van der Waals surface area contributed by atoms with Gasteiger partial charge in [0.2, 0.25) is 5.13 Å². The molecule has 1 aliphatic rings. The van der Waals surface area contributed by atoms with E-state index in [-0.39, 0.29) is 28.0 Å². The van der Waals surface area contributed by atoms with Crippen molar-refractivity contribution in [3.63, 3.8) is 0 Å². The smallest absolute Gasteiger partial charge is 0.301 e. The molecular formula is C27H21ClN4O5S2. The van der Waals surface area contributed by atoms with Gasteiger partial charge in [-0.3, -0.25) is 19.5 Å². The third-order valence-corrected chi connectivity index (χ3v) is 8.25. The van der Waals surface area contributed by atoms with E-state index >= 15 is 0 Å². The van der Waals surface area contributed by atoms with Crippen molar-refractivity contribution in [2.45, 2.75) is 23.1 Å².